The average molecular weight is 313 g/mol. The van der Waals surface area contributed by atoms with E-state index in [0.717, 1.165) is 38.0 Å². The van der Waals surface area contributed by atoms with Gasteiger partial charge in [-0.05, 0) is 36.8 Å². The molecule has 0 aromatic heterocycles. The molecule has 2 nitrogen and oxygen atoms in total. The summed E-state index contributed by atoms with van der Waals surface area (Å²) in [7, 11) is 0. The van der Waals surface area contributed by atoms with Crippen molar-refractivity contribution in [2.45, 2.75) is 25.9 Å². The van der Waals surface area contributed by atoms with E-state index in [9.17, 15) is 0 Å². The van der Waals surface area contributed by atoms with E-state index in [1.807, 2.05) is 0 Å². The van der Waals surface area contributed by atoms with Gasteiger partial charge in [-0.25, -0.2) is 0 Å². The molecule has 1 aliphatic rings. The number of hydrogen-bond donors (Lipinski definition) is 0. The zero-order valence-corrected chi connectivity index (χ0v) is 12.5. The summed E-state index contributed by atoms with van der Waals surface area (Å²) < 4.78 is 11.5. The molecule has 0 radical (unpaired) electrons. The minimum Gasteiger partial charge on any atom is -0.381 e. The van der Waals surface area contributed by atoms with Crippen LogP contribution in [0, 0.1) is 12.8 Å². The Kier molecular flexibility index (Phi) is 5.67. The number of aryl methyl sites for hydroxylation is 1. The normalized spacial score (nSPS) is 18.8. The van der Waals surface area contributed by atoms with Crippen LogP contribution in [0.25, 0.3) is 0 Å². The summed E-state index contributed by atoms with van der Waals surface area (Å²) in [5, 5.41) is 0.848. The zero-order valence-electron chi connectivity index (χ0n) is 10.9. The van der Waals surface area contributed by atoms with Gasteiger partial charge in [0.15, 0.2) is 0 Å². The molecule has 1 unspecified atom stereocenters. The number of rotatable bonds is 5. The first-order chi connectivity index (χ1) is 8.81. The molecule has 1 saturated heterocycles. The maximum Gasteiger partial charge on any atom is 0.0924 e. The van der Waals surface area contributed by atoms with E-state index >= 15 is 0 Å². The summed E-state index contributed by atoms with van der Waals surface area (Å²) in [6, 6.07) is 8.45. The summed E-state index contributed by atoms with van der Waals surface area (Å²) >= 11 is 3.56. The Morgan fingerprint density at radius 2 is 2.06 bits per heavy atom. The van der Waals surface area contributed by atoms with E-state index in [0.29, 0.717) is 5.92 Å². The second-order valence-corrected chi connectivity index (χ2v) is 5.54. The Hall–Kier alpha value is -0.380. The first-order valence-corrected chi connectivity index (χ1v) is 7.74. The zero-order chi connectivity index (χ0) is 12.8. The van der Waals surface area contributed by atoms with Crippen LogP contribution >= 0.6 is 15.9 Å². The maximum atomic E-state index is 6.10. The number of ether oxygens (including phenoxy) is 2. The fourth-order valence-corrected chi connectivity index (χ4v) is 2.87. The molecule has 0 amide bonds. The molecule has 1 heterocycles. The second-order valence-electron chi connectivity index (χ2n) is 4.89. The van der Waals surface area contributed by atoms with Gasteiger partial charge >= 0.3 is 0 Å². The predicted octanol–water partition coefficient (Wildman–Crippen LogP) is 3.87. The van der Waals surface area contributed by atoms with Crippen LogP contribution in [0.1, 0.15) is 30.1 Å². The van der Waals surface area contributed by atoms with Crippen LogP contribution in [0.3, 0.4) is 0 Å². The Balaban J connectivity index is 1.91. The van der Waals surface area contributed by atoms with Crippen LogP contribution in [0.5, 0.6) is 0 Å². The molecule has 0 saturated carbocycles. The van der Waals surface area contributed by atoms with Crippen LogP contribution in [0.4, 0.5) is 0 Å². The summed E-state index contributed by atoms with van der Waals surface area (Å²) in [4.78, 5) is 0. The van der Waals surface area contributed by atoms with E-state index in [2.05, 4.69) is 47.1 Å². The standard InChI is InChI=1S/C15H21BrO2/c1-12-4-2-3-5-14(12)15(10-16)18-11-13-6-8-17-9-7-13/h2-5,13,15H,6-11H2,1H3. The second kappa shape index (κ2) is 7.27. The molecule has 0 N–H and O–H groups in total. The summed E-state index contributed by atoms with van der Waals surface area (Å²) in [5.41, 5.74) is 2.59. The van der Waals surface area contributed by atoms with Crippen molar-refractivity contribution >= 4 is 15.9 Å². The van der Waals surface area contributed by atoms with Crippen molar-refractivity contribution in [1.82, 2.24) is 0 Å². The molecule has 1 fully saturated rings. The molecule has 0 bridgehead atoms. The highest BCUT2D eigenvalue weighted by Gasteiger charge is 2.18. The highest BCUT2D eigenvalue weighted by Crippen LogP contribution is 2.25. The summed E-state index contributed by atoms with van der Waals surface area (Å²) in [5.74, 6) is 0.657. The van der Waals surface area contributed by atoms with E-state index in [4.69, 9.17) is 9.47 Å². The fourth-order valence-electron chi connectivity index (χ4n) is 2.33. The molecular weight excluding hydrogens is 292 g/mol. The third kappa shape index (κ3) is 3.81. The minimum absolute atomic E-state index is 0.161. The molecule has 1 atom stereocenters. The van der Waals surface area contributed by atoms with Crippen molar-refractivity contribution in [3.8, 4) is 0 Å². The van der Waals surface area contributed by atoms with Crippen LogP contribution in [-0.2, 0) is 9.47 Å². The van der Waals surface area contributed by atoms with E-state index in [1.165, 1.54) is 11.1 Å². The number of benzene rings is 1. The van der Waals surface area contributed by atoms with Crippen molar-refractivity contribution < 1.29 is 9.47 Å². The Bertz CT molecular complexity index is 361. The van der Waals surface area contributed by atoms with E-state index in [1.54, 1.807) is 0 Å². The number of alkyl halides is 1. The lowest BCUT2D eigenvalue weighted by Crippen LogP contribution is -2.22. The lowest BCUT2D eigenvalue weighted by Gasteiger charge is -2.25. The van der Waals surface area contributed by atoms with Gasteiger partial charge in [0.05, 0.1) is 12.7 Å². The Labute approximate surface area is 118 Å². The summed E-state index contributed by atoms with van der Waals surface area (Å²) in [6.07, 6.45) is 2.42. The van der Waals surface area contributed by atoms with Crippen molar-refractivity contribution in [1.29, 1.82) is 0 Å². The van der Waals surface area contributed by atoms with Crippen LogP contribution in [0.2, 0.25) is 0 Å². The van der Waals surface area contributed by atoms with Crippen LogP contribution in [-0.4, -0.2) is 25.2 Å². The SMILES string of the molecule is Cc1ccccc1C(CBr)OCC1CCOCC1. The Morgan fingerprint density at radius 3 is 2.72 bits per heavy atom. The molecular formula is C15H21BrO2. The van der Waals surface area contributed by atoms with Gasteiger partial charge in [0, 0.05) is 18.5 Å². The predicted molar refractivity (Wildman–Crippen MR) is 77.2 cm³/mol. The van der Waals surface area contributed by atoms with Gasteiger partial charge in [-0.15, -0.1) is 0 Å². The molecule has 18 heavy (non-hydrogen) atoms. The molecule has 0 spiro atoms. The highest BCUT2D eigenvalue weighted by molar-refractivity contribution is 9.09. The van der Waals surface area contributed by atoms with Gasteiger partial charge in [0.1, 0.15) is 0 Å². The largest absolute Gasteiger partial charge is 0.381 e. The van der Waals surface area contributed by atoms with E-state index in [-0.39, 0.29) is 6.10 Å². The van der Waals surface area contributed by atoms with Gasteiger partial charge in [-0.2, -0.15) is 0 Å². The van der Waals surface area contributed by atoms with Gasteiger partial charge in [0.2, 0.25) is 0 Å². The number of hydrogen-bond acceptors (Lipinski definition) is 2. The van der Waals surface area contributed by atoms with Gasteiger partial charge in [-0.3, -0.25) is 0 Å². The van der Waals surface area contributed by atoms with Crippen molar-refractivity contribution in [3.05, 3.63) is 35.4 Å². The van der Waals surface area contributed by atoms with Crippen LogP contribution < -0.4 is 0 Å². The molecule has 0 aliphatic carbocycles. The minimum atomic E-state index is 0.161. The number of halogens is 1. The smallest absolute Gasteiger partial charge is 0.0924 e. The van der Waals surface area contributed by atoms with Crippen LogP contribution in [0.15, 0.2) is 24.3 Å². The monoisotopic (exact) mass is 312 g/mol. The van der Waals surface area contributed by atoms with Crippen molar-refractivity contribution in [2.75, 3.05) is 25.2 Å². The first kappa shape index (κ1) is 14.0. The average Bonchev–Trinajstić information content (AvgIpc) is 2.42. The maximum absolute atomic E-state index is 6.10. The lowest BCUT2D eigenvalue weighted by atomic mass is 10.0. The topological polar surface area (TPSA) is 18.5 Å². The quantitative estimate of drug-likeness (QED) is 0.768. The first-order valence-electron chi connectivity index (χ1n) is 6.62. The molecule has 1 aromatic rings. The molecule has 100 valence electrons. The summed E-state index contributed by atoms with van der Waals surface area (Å²) in [6.45, 7) is 4.76. The molecule has 3 heteroatoms. The third-order valence-electron chi connectivity index (χ3n) is 3.55. The molecule has 1 aromatic carbocycles. The molecule has 2 rings (SSSR count). The molecule has 1 aliphatic heterocycles. The third-order valence-corrected chi connectivity index (χ3v) is 4.14. The lowest BCUT2D eigenvalue weighted by molar-refractivity contribution is -0.00390. The van der Waals surface area contributed by atoms with Gasteiger partial charge in [-0.1, -0.05) is 40.2 Å². The van der Waals surface area contributed by atoms with Crippen molar-refractivity contribution in [2.24, 2.45) is 5.92 Å². The van der Waals surface area contributed by atoms with Gasteiger partial charge < -0.3 is 9.47 Å². The van der Waals surface area contributed by atoms with E-state index < -0.39 is 0 Å². The Morgan fingerprint density at radius 1 is 1.33 bits per heavy atom. The van der Waals surface area contributed by atoms with Crippen molar-refractivity contribution in [3.63, 3.8) is 0 Å². The van der Waals surface area contributed by atoms with Gasteiger partial charge in [0.25, 0.3) is 0 Å². The fraction of sp³-hybridized carbons (Fsp3) is 0.600. The highest BCUT2D eigenvalue weighted by atomic mass is 79.9.